The van der Waals surface area contributed by atoms with Crippen molar-refractivity contribution in [3.8, 4) is 0 Å². The standard InChI is InChI=1S/C17H21N3O.ClH/c1-3-13-4-6-14(7-5-13)12(2)10-17(21)20-15-8-9-16(18)19-11-15;/h4-9,11-12H,3,10H2,1-2H3,(H2,18,19)(H,20,21);1H. The summed E-state index contributed by atoms with van der Waals surface area (Å²) in [6.07, 6.45) is 3.03. The number of nitrogens with one attached hydrogen (secondary N) is 1. The molecule has 2 rings (SSSR count). The van der Waals surface area contributed by atoms with E-state index in [2.05, 4.69) is 48.4 Å². The number of halogens is 1. The molecule has 4 nitrogen and oxygen atoms in total. The zero-order valence-corrected chi connectivity index (χ0v) is 13.7. The molecule has 1 aromatic heterocycles. The molecular formula is C17H22ClN3O. The first-order chi connectivity index (χ1) is 10.1. The molecule has 0 bridgehead atoms. The highest BCUT2D eigenvalue weighted by Crippen LogP contribution is 2.20. The van der Waals surface area contributed by atoms with Crippen molar-refractivity contribution in [3.05, 3.63) is 53.7 Å². The number of nitrogens with two attached hydrogens (primary N) is 1. The molecule has 0 fully saturated rings. The Hall–Kier alpha value is -2.07. The third-order valence-corrected chi connectivity index (χ3v) is 3.52. The van der Waals surface area contributed by atoms with E-state index < -0.39 is 0 Å². The minimum Gasteiger partial charge on any atom is -0.384 e. The van der Waals surface area contributed by atoms with Crippen LogP contribution in [0.1, 0.15) is 37.3 Å². The summed E-state index contributed by atoms with van der Waals surface area (Å²) in [7, 11) is 0. The van der Waals surface area contributed by atoms with Gasteiger partial charge < -0.3 is 11.1 Å². The highest BCUT2D eigenvalue weighted by atomic mass is 35.5. The Morgan fingerprint density at radius 3 is 2.45 bits per heavy atom. The molecule has 1 heterocycles. The largest absolute Gasteiger partial charge is 0.384 e. The van der Waals surface area contributed by atoms with Crippen molar-refractivity contribution in [2.24, 2.45) is 0 Å². The summed E-state index contributed by atoms with van der Waals surface area (Å²) in [5.74, 6) is 0.601. The van der Waals surface area contributed by atoms with Crippen LogP contribution in [0.3, 0.4) is 0 Å². The van der Waals surface area contributed by atoms with Crippen molar-refractivity contribution in [2.45, 2.75) is 32.6 Å². The zero-order chi connectivity index (χ0) is 15.2. The Morgan fingerprint density at radius 1 is 1.23 bits per heavy atom. The van der Waals surface area contributed by atoms with Gasteiger partial charge in [-0.2, -0.15) is 0 Å². The van der Waals surface area contributed by atoms with Gasteiger partial charge in [0.25, 0.3) is 0 Å². The van der Waals surface area contributed by atoms with E-state index >= 15 is 0 Å². The number of benzene rings is 1. The highest BCUT2D eigenvalue weighted by Gasteiger charge is 2.11. The van der Waals surface area contributed by atoms with Gasteiger partial charge in [-0.15, -0.1) is 12.4 Å². The van der Waals surface area contributed by atoms with Crippen LogP contribution in [0, 0.1) is 0 Å². The summed E-state index contributed by atoms with van der Waals surface area (Å²) >= 11 is 0. The first-order valence-electron chi connectivity index (χ1n) is 7.18. The molecule has 1 amide bonds. The molecule has 1 atom stereocenters. The monoisotopic (exact) mass is 319 g/mol. The van der Waals surface area contributed by atoms with Crippen LogP contribution in [0.2, 0.25) is 0 Å². The van der Waals surface area contributed by atoms with E-state index in [0.717, 1.165) is 6.42 Å². The van der Waals surface area contributed by atoms with Crippen molar-refractivity contribution in [2.75, 3.05) is 11.1 Å². The van der Waals surface area contributed by atoms with Gasteiger partial charge in [0.15, 0.2) is 0 Å². The molecule has 0 saturated heterocycles. The van der Waals surface area contributed by atoms with Gasteiger partial charge in [0.2, 0.25) is 5.91 Å². The van der Waals surface area contributed by atoms with Crippen molar-refractivity contribution in [3.63, 3.8) is 0 Å². The third-order valence-electron chi connectivity index (χ3n) is 3.52. The number of anilines is 2. The number of hydrogen-bond acceptors (Lipinski definition) is 3. The van der Waals surface area contributed by atoms with E-state index in [1.807, 2.05) is 0 Å². The van der Waals surface area contributed by atoms with Crippen LogP contribution in [-0.4, -0.2) is 10.9 Å². The van der Waals surface area contributed by atoms with Gasteiger partial charge in [0, 0.05) is 6.42 Å². The zero-order valence-electron chi connectivity index (χ0n) is 12.9. The molecule has 0 radical (unpaired) electrons. The van der Waals surface area contributed by atoms with Crippen LogP contribution < -0.4 is 11.1 Å². The maximum absolute atomic E-state index is 12.0. The predicted octanol–water partition coefficient (Wildman–Crippen LogP) is 3.78. The topological polar surface area (TPSA) is 68.0 Å². The number of aryl methyl sites for hydroxylation is 1. The minimum absolute atomic E-state index is 0. The fraction of sp³-hybridized carbons (Fsp3) is 0.294. The highest BCUT2D eigenvalue weighted by molar-refractivity contribution is 5.91. The van der Waals surface area contributed by atoms with Gasteiger partial charge in [-0.25, -0.2) is 4.98 Å². The summed E-state index contributed by atoms with van der Waals surface area (Å²) in [6.45, 7) is 4.19. The normalized spacial score (nSPS) is 11.4. The molecule has 0 spiro atoms. The lowest BCUT2D eigenvalue weighted by molar-refractivity contribution is -0.116. The number of nitrogens with zero attached hydrogens (tertiary/aromatic N) is 1. The van der Waals surface area contributed by atoms with E-state index in [9.17, 15) is 4.79 Å². The second kappa shape index (κ2) is 8.39. The minimum atomic E-state index is -0.0198. The number of carbonyl (C=O) groups excluding carboxylic acids is 1. The number of carbonyl (C=O) groups is 1. The average Bonchev–Trinajstić information content (AvgIpc) is 2.49. The molecule has 0 aliphatic heterocycles. The lowest BCUT2D eigenvalue weighted by Crippen LogP contribution is -2.14. The first kappa shape index (κ1) is 18.0. The number of aromatic nitrogens is 1. The molecular weight excluding hydrogens is 298 g/mol. The molecule has 1 aromatic carbocycles. The molecule has 118 valence electrons. The number of hydrogen-bond donors (Lipinski definition) is 2. The van der Waals surface area contributed by atoms with Crippen LogP contribution >= 0.6 is 12.4 Å². The van der Waals surface area contributed by atoms with Crippen LogP contribution in [0.4, 0.5) is 11.5 Å². The molecule has 5 heteroatoms. The summed E-state index contributed by atoms with van der Waals surface area (Å²) < 4.78 is 0. The SMILES string of the molecule is CCc1ccc(C(C)CC(=O)Nc2ccc(N)nc2)cc1.Cl. The van der Waals surface area contributed by atoms with E-state index in [1.54, 1.807) is 18.3 Å². The van der Waals surface area contributed by atoms with Gasteiger partial charge in [-0.05, 0) is 35.6 Å². The summed E-state index contributed by atoms with van der Waals surface area (Å²) in [5.41, 5.74) is 8.67. The van der Waals surface area contributed by atoms with Gasteiger partial charge in [0.05, 0.1) is 11.9 Å². The van der Waals surface area contributed by atoms with E-state index in [1.165, 1.54) is 11.1 Å². The van der Waals surface area contributed by atoms with Gasteiger partial charge in [0.1, 0.15) is 5.82 Å². The van der Waals surface area contributed by atoms with Crippen LogP contribution in [-0.2, 0) is 11.2 Å². The molecule has 0 aliphatic rings. The molecule has 1 unspecified atom stereocenters. The quantitative estimate of drug-likeness (QED) is 0.881. The number of nitrogen functional groups attached to an aromatic ring is 1. The number of pyridine rings is 1. The maximum Gasteiger partial charge on any atom is 0.225 e. The Morgan fingerprint density at radius 2 is 1.91 bits per heavy atom. The molecule has 22 heavy (non-hydrogen) atoms. The second-order valence-corrected chi connectivity index (χ2v) is 5.22. The van der Waals surface area contributed by atoms with E-state index in [0.29, 0.717) is 17.9 Å². The fourth-order valence-corrected chi connectivity index (χ4v) is 2.17. The smallest absolute Gasteiger partial charge is 0.225 e. The van der Waals surface area contributed by atoms with Crippen molar-refractivity contribution in [1.82, 2.24) is 4.98 Å². The average molecular weight is 320 g/mol. The maximum atomic E-state index is 12.0. The lowest BCUT2D eigenvalue weighted by Gasteiger charge is -2.12. The molecule has 2 aromatic rings. The van der Waals surface area contributed by atoms with Crippen LogP contribution in [0.15, 0.2) is 42.6 Å². The van der Waals surface area contributed by atoms with E-state index in [-0.39, 0.29) is 24.2 Å². The van der Waals surface area contributed by atoms with Gasteiger partial charge in [-0.3, -0.25) is 4.79 Å². The summed E-state index contributed by atoms with van der Waals surface area (Å²) in [6, 6.07) is 11.9. The predicted molar refractivity (Wildman–Crippen MR) is 93.4 cm³/mol. The first-order valence-corrected chi connectivity index (χ1v) is 7.18. The lowest BCUT2D eigenvalue weighted by atomic mass is 9.96. The second-order valence-electron chi connectivity index (χ2n) is 5.22. The summed E-state index contributed by atoms with van der Waals surface area (Å²) in [5, 5.41) is 2.84. The van der Waals surface area contributed by atoms with Crippen LogP contribution in [0.5, 0.6) is 0 Å². The molecule has 3 N–H and O–H groups in total. The Kier molecular flexibility index (Phi) is 6.86. The number of amides is 1. The Labute approximate surface area is 137 Å². The van der Waals surface area contributed by atoms with Crippen molar-refractivity contribution in [1.29, 1.82) is 0 Å². The van der Waals surface area contributed by atoms with Crippen molar-refractivity contribution < 1.29 is 4.79 Å². The Bertz CT molecular complexity index is 596. The van der Waals surface area contributed by atoms with Gasteiger partial charge in [-0.1, -0.05) is 38.1 Å². The van der Waals surface area contributed by atoms with E-state index in [4.69, 9.17) is 5.73 Å². The fourth-order valence-electron chi connectivity index (χ4n) is 2.17. The molecule has 0 aliphatic carbocycles. The summed E-state index contributed by atoms with van der Waals surface area (Å²) in [4.78, 5) is 16.0. The van der Waals surface area contributed by atoms with Crippen molar-refractivity contribution >= 4 is 29.8 Å². The van der Waals surface area contributed by atoms with Gasteiger partial charge >= 0.3 is 0 Å². The Balaban J connectivity index is 0.00000242. The third kappa shape index (κ3) is 5.04. The molecule has 0 saturated carbocycles. The van der Waals surface area contributed by atoms with Crippen LogP contribution in [0.25, 0.3) is 0 Å². The number of rotatable bonds is 5.